The summed E-state index contributed by atoms with van der Waals surface area (Å²) in [5, 5.41) is 0. The van der Waals surface area contributed by atoms with Crippen LogP contribution in [0.25, 0.3) is 0 Å². The Bertz CT molecular complexity index is 265. The highest BCUT2D eigenvalue weighted by Gasteiger charge is 2.42. The highest BCUT2D eigenvalue weighted by Crippen LogP contribution is 2.55. The van der Waals surface area contributed by atoms with Gasteiger partial charge < -0.3 is 0 Å². The largest absolute Gasteiger partial charge is 0.0642 e. The summed E-state index contributed by atoms with van der Waals surface area (Å²) in [6.07, 6.45) is 15.4. The molecule has 16 heavy (non-hydrogen) atoms. The second-order valence-corrected chi connectivity index (χ2v) is 6.71. The fraction of sp³-hybridized carbons (Fsp3) is 0.875. The molecule has 4 aliphatic rings. The molecule has 2 fully saturated rings. The van der Waals surface area contributed by atoms with E-state index in [-0.39, 0.29) is 0 Å². The van der Waals surface area contributed by atoms with E-state index in [9.17, 15) is 0 Å². The third-order valence-corrected chi connectivity index (χ3v) is 6.03. The van der Waals surface area contributed by atoms with Gasteiger partial charge in [-0.2, -0.15) is 0 Å². The van der Waals surface area contributed by atoms with E-state index in [2.05, 4.69) is 0 Å². The molecule has 0 heteroatoms. The third-order valence-electron chi connectivity index (χ3n) is 6.03. The van der Waals surface area contributed by atoms with Gasteiger partial charge in [-0.15, -0.1) is 0 Å². The SMILES string of the molecule is C1C[C@@H]2CC[C@H]3CCC[C@H]4CC[C@H](C1)C2=C34. The highest BCUT2D eigenvalue weighted by molar-refractivity contribution is 5.32. The van der Waals surface area contributed by atoms with Crippen LogP contribution in [-0.2, 0) is 0 Å². The van der Waals surface area contributed by atoms with E-state index in [0.717, 1.165) is 23.7 Å². The fourth-order valence-electron chi connectivity index (χ4n) is 5.46. The van der Waals surface area contributed by atoms with Crippen molar-refractivity contribution in [3.8, 4) is 0 Å². The normalized spacial score (nSPS) is 46.5. The summed E-state index contributed by atoms with van der Waals surface area (Å²) in [7, 11) is 0. The van der Waals surface area contributed by atoms with Gasteiger partial charge in [0.1, 0.15) is 0 Å². The molecule has 0 radical (unpaired) electrons. The van der Waals surface area contributed by atoms with Crippen molar-refractivity contribution < 1.29 is 0 Å². The fourth-order valence-corrected chi connectivity index (χ4v) is 5.46. The Morgan fingerprint density at radius 1 is 0.438 bits per heavy atom. The number of hydrogen-bond donors (Lipinski definition) is 0. The Morgan fingerprint density at radius 3 is 1.06 bits per heavy atom. The van der Waals surface area contributed by atoms with E-state index in [1.54, 1.807) is 25.7 Å². The van der Waals surface area contributed by atoms with E-state index in [0.29, 0.717) is 0 Å². The zero-order chi connectivity index (χ0) is 10.5. The van der Waals surface area contributed by atoms with Crippen LogP contribution >= 0.6 is 0 Å². The second-order valence-electron chi connectivity index (χ2n) is 6.71. The maximum atomic E-state index is 2.04. The minimum Gasteiger partial charge on any atom is -0.0642 e. The first kappa shape index (κ1) is 9.74. The van der Waals surface area contributed by atoms with Crippen molar-refractivity contribution >= 4 is 0 Å². The van der Waals surface area contributed by atoms with Crippen LogP contribution in [-0.4, -0.2) is 0 Å². The molecule has 0 N–H and O–H groups in total. The number of rotatable bonds is 0. The molecule has 2 saturated carbocycles. The van der Waals surface area contributed by atoms with E-state index >= 15 is 0 Å². The lowest BCUT2D eigenvalue weighted by atomic mass is 9.56. The lowest BCUT2D eigenvalue weighted by Crippen LogP contribution is -2.36. The molecule has 88 valence electrons. The summed E-state index contributed by atoms with van der Waals surface area (Å²) in [5.41, 5.74) is 4.08. The highest BCUT2D eigenvalue weighted by atomic mass is 14.5. The van der Waals surface area contributed by atoms with Crippen LogP contribution in [0.15, 0.2) is 11.1 Å². The zero-order valence-corrected chi connectivity index (χ0v) is 10.4. The van der Waals surface area contributed by atoms with Gasteiger partial charge in [-0.05, 0) is 75.0 Å². The van der Waals surface area contributed by atoms with Crippen LogP contribution in [0.5, 0.6) is 0 Å². The summed E-state index contributed by atoms with van der Waals surface area (Å²) in [4.78, 5) is 0. The van der Waals surface area contributed by atoms with Crippen LogP contribution in [0.3, 0.4) is 0 Å². The van der Waals surface area contributed by atoms with Crippen molar-refractivity contribution in [3.05, 3.63) is 11.1 Å². The predicted molar refractivity (Wildman–Crippen MR) is 67.2 cm³/mol. The van der Waals surface area contributed by atoms with Crippen LogP contribution in [0.2, 0.25) is 0 Å². The predicted octanol–water partition coefficient (Wildman–Crippen LogP) is 4.70. The Morgan fingerprint density at radius 2 is 0.750 bits per heavy atom. The third kappa shape index (κ3) is 1.28. The molecule has 0 amide bonds. The number of allylic oxidation sites excluding steroid dienone is 2. The summed E-state index contributed by atoms with van der Waals surface area (Å²) >= 11 is 0. The summed E-state index contributed by atoms with van der Waals surface area (Å²) in [6.45, 7) is 0. The van der Waals surface area contributed by atoms with Gasteiger partial charge in [0.05, 0.1) is 0 Å². The van der Waals surface area contributed by atoms with Gasteiger partial charge in [-0.3, -0.25) is 0 Å². The molecule has 0 aromatic carbocycles. The maximum absolute atomic E-state index is 2.04. The van der Waals surface area contributed by atoms with Gasteiger partial charge in [0.25, 0.3) is 0 Å². The average Bonchev–Trinajstić information content (AvgIpc) is 2.36. The molecule has 0 aromatic rings. The zero-order valence-electron chi connectivity index (χ0n) is 10.4. The van der Waals surface area contributed by atoms with Crippen molar-refractivity contribution in [1.29, 1.82) is 0 Å². The van der Waals surface area contributed by atoms with Crippen LogP contribution < -0.4 is 0 Å². The Hall–Kier alpha value is -0.260. The Balaban J connectivity index is 1.81. The van der Waals surface area contributed by atoms with Crippen molar-refractivity contribution in [2.45, 2.75) is 64.2 Å². The van der Waals surface area contributed by atoms with Crippen LogP contribution in [0.4, 0.5) is 0 Å². The molecule has 0 nitrogen and oxygen atoms in total. The molecule has 0 unspecified atom stereocenters. The Labute approximate surface area is 99.5 Å². The maximum Gasteiger partial charge on any atom is -0.0197 e. The number of hydrogen-bond acceptors (Lipinski definition) is 0. The van der Waals surface area contributed by atoms with Gasteiger partial charge in [-0.25, -0.2) is 0 Å². The van der Waals surface area contributed by atoms with E-state index < -0.39 is 0 Å². The molecule has 4 rings (SSSR count). The van der Waals surface area contributed by atoms with Gasteiger partial charge in [-0.1, -0.05) is 24.0 Å². The van der Waals surface area contributed by atoms with Crippen molar-refractivity contribution in [1.82, 2.24) is 0 Å². The van der Waals surface area contributed by atoms with Crippen LogP contribution in [0.1, 0.15) is 64.2 Å². The first-order valence-electron chi connectivity index (χ1n) is 7.67. The molecule has 0 heterocycles. The Kier molecular flexibility index (Phi) is 2.20. The standard InChI is InChI=1S/C16H24/c1-3-11-7-9-13-5-2-6-14-10-8-12(4-1)15(11)16(13)14/h11-14H,1-10H2/t11-,12+,13-,14+. The molecule has 4 atom stereocenters. The quantitative estimate of drug-likeness (QED) is 0.515. The average molecular weight is 216 g/mol. The molecule has 0 saturated heterocycles. The molecule has 4 aliphatic carbocycles. The second kappa shape index (κ2) is 3.62. The summed E-state index contributed by atoms with van der Waals surface area (Å²) < 4.78 is 0. The minimum atomic E-state index is 1.05. The first-order chi connectivity index (χ1) is 7.93. The van der Waals surface area contributed by atoms with Gasteiger partial charge in [0.15, 0.2) is 0 Å². The van der Waals surface area contributed by atoms with E-state index in [1.165, 1.54) is 38.5 Å². The van der Waals surface area contributed by atoms with Crippen molar-refractivity contribution in [3.63, 3.8) is 0 Å². The molecule has 0 aromatic heterocycles. The topological polar surface area (TPSA) is 0 Å². The van der Waals surface area contributed by atoms with E-state index in [1.807, 2.05) is 11.1 Å². The van der Waals surface area contributed by atoms with Gasteiger partial charge in [0, 0.05) is 0 Å². The van der Waals surface area contributed by atoms with Gasteiger partial charge >= 0.3 is 0 Å². The van der Waals surface area contributed by atoms with Crippen molar-refractivity contribution in [2.75, 3.05) is 0 Å². The lowest BCUT2D eigenvalue weighted by Gasteiger charge is -2.49. The van der Waals surface area contributed by atoms with Crippen LogP contribution in [0, 0.1) is 23.7 Å². The molecular weight excluding hydrogens is 192 g/mol. The molecular formula is C16H24. The van der Waals surface area contributed by atoms with Crippen molar-refractivity contribution in [2.24, 2.45) is 23.7 Å². The lowest BCUT2D eigenvalue weighted by molar-refractivity contribution is 0.202. The monoisotopic (exact) mass is 216 g/mol. The minimum absolute atomic E-state index is 1.05. The first-order valence-corrected chi connectivity index (χ1v) is 7.67. The molecule has 0 spiro atoms. The van der Waals surface area contributed by atoms with Gasteiger partial charge in [0.2, 0.25) is 0 Å². The molecule has 0 bridgehead atoms. The summed E-state index contributed by atoms with van der Waals surface area (Å²) in [6, 6.07) is 0. The smallest absolute Gasteiger partial charge is 0.0197 e. The molecule has 0 aliphatic heterocycles. The summed E-state index contributed by atoms with van der Waals surface area (Å²) in [5.74, 6) is 4.19. The van der Waals surface area contributed by atoms with E-state index in [4.69, 9.17) is 0 Å².